The van der Waals surface area contributed by atoms with Gasteiger partial charge in [-0.05, 0) is 31.2 Å². The molecule has 2 aromatic rings. The van der Waals surface area contributed by atoms with Crippen molar-refractivity contribution in [3.63, 3.8) is 0 Å². The van der Waals surface area contributed by atoms with Crippen LogP contribution in [0.15, 0.2) is 30.3 Å². The van der Waals surface area contributed by atoms with Crippen LogP contribution in [0.2, 0.25) is 0 Å². The molecule has 0 aliphatic carbocycles. The molecule has 22 heavy (non-hydrogen) atoms. The number of nitrogens with zero attached hydrogens (tertiary/aromatic N) is 2. The summed E-state index contributed by atoms with van der Waals surface area (Å²) in [7, 11) is 1.69. The first-order chi connectivity index (χ1) is 10.3. The second kappa shape index (κ2) is 5.52. The standard InChI is InChI=1S/C15H15ClN2O3S/c1-10-2-3-12-7-13(4-5-14(12)17-10)18-8-11(6-15(18)19)9-22(16,20)21/h2-5,7,11H,6,8-9H2,1H3. The maximum atomic E-state index is 12.1. The summed E-state index contributed by atoms with van der Waals surface area (Å²) in [6.45, 7) is 2.30. The topological polar surface area (TPSA) is 67.3 Å². The number of rotatable bonds is 3. The van der Waals surface area contributed by atoms with Crippen molar-refractivity contribution in [3.05, 3.63) is 36.0 Å². The molecule has 1 aromatic heterocycles. The van der Waals surface area contributed by atoms with Crippen LogP contribution < -0.4 is 4.90 Å². The van der Waals surface area contributed by atoms with Crippen molar-refractivity contribution in [3.8, 4) is 0 Å². The zero-order chi connectivity index (χ0) is 15.9. The SMILES string of the molecule is Cc1ccc2cc(N3CC(CS(=O)(=O)Cl)CC3=O)ccc2n1. The molecule has 0 spiro atoms. The van der Waals surface area contributed by atoms with Gasteiger partial charge in [0.05, 0.1) is 11.3 Å². The molecule has 7 heteroatoms. The molecule has 2 heterocycles. The van der Waals surface area contributed by atoms with Crippen LogP contribution in [0.5, 0.6) is 0 Å². The molecule has 1 atom stereocenters. The number of anilines is 1. The van der Waals surface area contributed by atoms with Crippen LogP contribution >= 0.6 is 10.7 Å². The molecule has 3 rings (SSSR count). The summed E-state index contributed by atoms with van der Waals surface area (Å²) >= 11 is 0. The minimum Gasteiger partial charge on any atom is -0.312 e. The van der Waals surface area contributed by atoms with Crippen LogP contribution in [0, 0.1) is 12.8 Å². The lowest BCUT2D eigenvalue weighted by Gasteiger charge is -2.17. The molecule has 1 aliphatic heterocycles. The van der Waals surface area contributed by atoms with E-state index >= 15 is 0 Å². The van der Waals surface area contributed by atoms with E-state index in [9.17, 15) is 13.2 Å². The fourth-order valence-corrected chi connectivity index (χ4v) is 4.13. The van der Waals surface area contributed by atoms with Gasteiger partial charge in [0.2, 0.25) is 15.0 Å². The maximum Gasteiger partial charge on any atom is 0.232 e. The van der Waals surface area contributed by atoms with Crippen molar-refractivity contribution in [1.82, 2.24) is 4.98 Å². The van der Waals surface area contributed by atoms with Gasteiger partial charge in [0.25, 0.3) is 0 Å². The van der Waals surface area contributed by atoms with E-state index in [-0.39, 0.29) is 24.0 Å². The van der Waals surface area contributed by atoms with Crippen LogP contribution in [0.3, 0.4) is 0 Å². The molecule has 1 amide bonds. The molecule has 0 bridgehead atoms. The summed E-state index contributed by atoms with van der Waals surface area (Å²) in [6.07, 6.45) is 0.204. The number of halogens is 1. The van der Waals surface area contributed by atoms with Gasteiger partial charge in [0.1, 0.15) is 0 Å². The van der Waals surface area contributed by atoms with Gasteiger partial charge in [-0.1, -0.05) is 6.07 Å². The number of hydrogen-bond donors (Lipinski definition) is 0. The van der Waals surface area contributed by atoms with Gasteiger partial charge in [0.15, 0.2) is 0 Å². The molecule has 1 unspecified atom stereocenters. The molecule has 0 saturated carbocycles. The molecular formula is C15H15ClN2O3S. The van der Waals surface area contributed by atoms with E-state index in [4.69, 9.17) is 10.7 Å². The Bertz CT molecular complexity index is 851. The van der Waals surface area contributed by atoms with E-state index < -0.39 is 9.05 Å². The number of aromatic nitrogens is 1. The highest BCUT2D eigenvalue weighted by molar-refractivity contribution is 8.13. The first-order valence-corrected chi connectivity index (χ1v) is 9.40. The number of aryl methyl sites for hydroxylation is 1. The largest absolute Gasteiger partial charge is 0.312 e. The molecule has 116 valence electrons. The van der Waals surface area contributed by atoms with Crippen molar-refractivity contribution < 1.29 is 13.2 Å². The second-order valence-corrected chi connectivity index (χ2v) is 8.43. The van der Waals surface area contributed by atoms with E-state index in [2.05, 4.69) is 4.98 Å². The Hall–Kier alpha value is -1.66. The Morgan fingerprint density at radius 3 is 2.82 bits per heavy atom. The Kier molecular flexibility index (Phi) is 3.82. The third kappa shape index (κ3) is 3.23. The Morgan fingerprint density at radius 1 is 1.32 bits per heavy atom. The van der Waals surface area contributed by atoms with Gasteiger partial charge in [-0.15, -0.1) is 0 Å². The summed E-state index contributed by atoms with van der Waals surface area (Å²) in [4.78, 5) is 18.2. The Balaban J connectivity index is 1.88. The van der Waals surface area contributed by atoms with E-state index in [1.165, 1.54) is 0 Å². The highest BCUT2D eigenvalue weighted by Crippen LogP contribution is 2.28. The van der Waals surface area contributed by atoms with Gasteiger partial charge >= 0.3 is 0 Å². The molecule has 1 fully saturated rings. The van der Waals surface area contributed by atoms with Gasteiger partial charge in [-0.3, -0.25) is 9.78 Å². The highest BCUT2D eigenvalue weighted by Gasteiger charge is 2.33. The lowest BCUT2D eigenvalue weighted by molar-refractivity contribution is -0.117. The maximum absolute atomic E-state index is 12.1. The first-order valence-electron chi connectivity index (χ1n) is 6.92. The minimum atomic E-state index is -3.59. The number of fused-ring (bicyclic) bond motifs is 1. The summed E-state index contributed by atoms with van der Waals surface area (Å²) in [5.41, 5.74) is 2.57. The van der Waals surface area contributed by atoms with Crippen LogP contribution in [-0.4, -0.2) is 31.6 Å². The summed E-state index contributed by atoms with van der Waals surface area (Å²) in [6, 6.07) is 9.49. The van der Waals surface area contributed by atoms with E-state index in [0.717, 1.165) is 22.3 Å². The normalized spacial score (nSPS) is 19.1. The molecule has 0 N–H and O–H groups in total. The predicted octanol–water partition coefficient (Wildman–Crippen LogP) is 2.46. The monoisotopic (exact) mass is 338 g/mol. The van der Waals surface area contributed by atoms with Gasteiger partial charge in [-0.25, -0.2) is 8.42 Å². The zero-order valence-corrected chi connectivity index (χ0v) is 13.6. The minimum absolute atomic E-state index is 0.0789. The second-order valence-electron chi connectivity index (χ2n) is 5.61. The Morgan fingerprint density at radius 2 is 2.09 bits per heavy atom. The zero-order valence-electron chi connectivity index (χ0n) is 12.0. The number of benzene rings is 1. The number of pyridine rings is 1. The molecule has 1 aliphatic rings. The van der Waals surface area contributed by atoms with Gasteiger partial charge in [0, 0.05) is 46.3 Å². The molecule has 5 nitrogen and oxygen atoms in total. The van der Waals surface area contributed by atoms with Gasteiger partial charge < -0.3 is 4.90 Å². The van der Waals surface area contributed by atoms with E-state index in [1.54, 1.807) is 4.90 Å². The number of carbonyl (C=O) groups is 1. The Labute approximate surface area is 133 Å². The average molecular weight is 339 g/mol. The fraction of sp³-hybridized carbons (Fsp3) is 0.333. The average Bonchev–Trinajstić information content (AvgIpc) is 2.76. The van der Waals surface area contributed by atoms with Crippen LogP contribution in [0.4, 0.5) is 5.69 Å². The number of amides is 1. The first kappa shape index (κ1) is 15.2. The van der Waals surface area contributed by atoms with Crippen LogP contribution in [-0.2, 0) is 13.8 Å². The molecule has 1 aromatic carbocycles. The van der Waals surface area contributed by atoms with Crippen LogP contribution in [0.1, 0.15) is 12.1 Å². The molecule has 1 saturated heterocycles. The molecular weight excluding hydrogens is 324 g/mol. The third-order valence-electron chi connectivity index (χ3n) is 3.76. The summed E-state index contributed by atoms with van der Waals surface area (Å²) < 4.78 is 22.3. The van der Waals surface area contributed by atoms with Crippen molar-refractivity contribution in [2.45, 2.75) is 13.3 Å². The van der Waals surface area contributed by atoms with E-state index in [1.807, 2.05) is 37.3 Å². The molecule has 0 radical (unpaired) electrons. The van der Waals surface area contributed by atoms with Crippen molar-refractivity contribution in [2.75, 3.05) is 17.2 Å². The predicted molar refractivity (Wildman–Crippen MR) is 86.6 cm³/mol. The fourth-order valence-electron chi connectivity index (χ4n) is 2.81. The third-order valence-corrected chi connectivity index (χ3v) is 5.01. The smallest absolute Gasteiger partial charge is 0.232 e. The number of hydrogen-bond acceptors (Lipinski definition) is 4. The summed E-state index contributed by atoms with van der Waals surface area (Å²) in [5, 5.41) is 0.948. The lowest BCUT2D eigenvalue weighted by atomic mass is 10.1. The van der Waals surface area contributed by atoms with Crippen molar-refractivity contribution >= 4 is 42.2 Å². The number of carbonyl (C=O) groups excluding carboxylic acids is 1. The highest BCUT2D eigenvalue weighted by atomic mass is 35.7. The lowest BCUT2D eigenvalue weighted by Crippen LogP contribution is -2.25. The van der Waals surface area contributed by atoms with Crippen molar-refractivity contribution in [2.24, 2.45) is 5.92 Å². The van der Waals surface area contributed by atoms with Crippen LogP contribution in [0.25, 0.3) is 10.9 Å². The van der Waals surface area contributed by atoms with Crippen molar-refractivity contribution in [1.29, 1.82) is 0 Å². The van der Waals surface area contributed by atoms with E-state index in [0.29, 0.717) is 6.54 Å². The summed E-state index contributed by atoms with van der Waals surface area (Å²) in [5.74, 6) is -0.517. The quantitative estimate of drug-likeness (QED) is 0.806. The van der Waals surface area contributed by atoms with Gasteiger partial charge in [-0.2, -0.15) is 0 Å².